The van der Waals surface area contributed by atoms with E-state index in [0.29, 0.717) is 18.6 Å². The SMILES string of the molecule is CC1CN(CC#N)CC(C)N1. The van der Waals surface area contributed by atoms with E-state index in [4.69, 9.17) is 5.26 Å². The summed E-state index contributed by atoms with van der Waals surface area (Å²) in [4.78, 5) is 2.19. The fraction of sp³-hybridized carbons (Fsp3) is 0.875. The molecule has 0 radical (unpaired) electrons. The van der Waals surface area contributed by atoms with Gasteiger partial charge in [-0.3, -0.25) is 4.90 Å². The highest BCUT2D eigenvalue weighted by Crippen LogP contribution is 2.02. The normalized spacial score (nSPS) is 33.2. The standard InChI is InChI=1S/C8H15N3/c1-7-5-11(4-3-9)6-8(2)10-7/h7-8,10H,4-6H2,1-2H3. The van der Waals surface area contributed by atoms with Crippen LogP contribution in [0.25, 0.3) is 0 Å². The Morgan fingerprint density at radius 2 is 2.00 bits per heavy atom. The van der Waals surface area contributed by atoms with Crippen molar-refractivity contribution in [2.24, 2.45) is 0 Å². The molecule has 2 atom stereocenters. The van der Waals surface area contributed by atoms with Gasteiger partial charge >= 0.3 is 0 Å². The van der Waals surface area contributed by atoms with Crippen molar-refractivity contribution < 1.29 is 0 Å². The Kier molecular flexibility index (Phi) is 2.86. The van der Waals surface area contributed by atoms with Gasteiger partial charge in [0.1, 0.15) is 0 Å². The maximum atomic E-state index is 8.48. The molecule has 0 saturated carbocycles. The van der Waals surface area contributed by atoms with E-state index in [9.17, 15) is 0 Å². The Bertz CT molecular complexity index is 151. The minimum Gasteiger partial charge on any atom is -0.309 e. The predicted octanol–water partition coefficient (Wildman–Crippen LogP) is 0.192. The number of hydrogen-bond donors (Lipinski definition) is 1. The summed E-state index contributed by atoms with van der Waals surface area (Å²) in [7, 11) is 0. The number of nitrogens with zero attached hydrogens (tertiary/aromatic N) is 2. The van der Waals surface area contributed by atoms with Crippen molar-refractivity contribution in [1.29, 1.82) is 5.26 Å². The van der Waals surface area contributed by atoms with Gasteiger partial charge in [0, 0.05) is 25.2 Å². The van der Waals surface area contributed by atoms with E-state index in [1.54, 1.807) is 0 Å². The zero-order chi connectivity index (χ0) is 8.27. The molecule has 62 valence electrons. The number of hydrogen-bond acceptors (Lipinski definition) is 3. The van der Waals surface area contributed by atoms with Crippen LogP contribution in [0.1, 0.15) is 13.8 Å². The molecule has 1 aliphatic rings. The molecule has 3 heteroatoms. The minimum absolute atomic E-state index is 0.520. The lowest BCUT2D eigenvalue weighted by molar-refractivity contribution is 0.191. The lowest BCUT2D eigenvalue weighted by atomic mass is 10.1. The first-order valence-electron chi connectivity index (χ1n) is 4.07. The fourth-order valence-electron chi connectivity index (χ4n) is 1.67. The van der Waals surface area contributed by atoms with Gasteiger partial charge in [-0.05, 0) is 13.8 Å². The predicted molar refractivity (Wildman–Crippen MR) is 44.1 cm³/mol. The van der Waals surface area contributed by atoms with Crippen molar-refractivity contribution in [2.75, 3.05) is 19.6 Å². The molecule has 0 aromatic heterocycles. The summed E-state index contributed by atoms with van der Waals surface area (Å²) in [5.41, 5.74) is 0. The summed E-state index contributed by atoms with van der Waals surface area (Å²) >= 11 is 0. The average molecular weight is 153 g/mol. The molecular formula is C8H15N3. The Hall–Kier alpha value is -0.590. The minimum atomic E-state index is 0.520. The third kappa shape index (κ3) is 2.49. The summed E-state index contributed by atoms with van der Waals surface area (Å²) in [6.45, 7) is 6.87. The summed E-state index contributed by atoms with van der Waals surface area (Å²) in [6.07, 6.45) is 0. The summed E-state index contributed by atoms with van der Waals surface area (Å²) < 4.78 is 0. The molecule has 2 unspecified atom stereocenters. The lowest BCUT2D eigenvalue weighted by Crippen LogP contribution is -2.54. The van der Waals surface area contributed by atoms with Crippen molar-refractivity contribution >= 4 is 0 Å². The second kappa shape index (κ2) is 3.70. The quantitative estimate of drug-likeness (QED) is 0.547. The smallest absolute Gasteiger partial charge is 0.0867 e. The summed E-state index contributed by atoms with van der Waals surface area (Å²) in [5, 5.41) is 11.9. The molecule has 1 N–H and O–H groups in total. The van der Waals surface area contributed by atoms with E-state index < -0.39 is 0 Å². The second-order valence-corrected chi connectivity index (χ2v) is 3.32. The van der Waals surface area contributed by atoms with E-state index in [2.05, 4.69) is 30.1 Å². The van der Waals surface area contributed by atoms with Crippen molar-refractivity contribution in [1.82, 2.24) is 10.2 Å². The Balaban J connectivity index is 2.38. The van der Waals surface area contributed by atoms with Crippen LogP contribution in [0.3, 0.4) is 0 Å². The van der Waals surface area contributed by atoms with Crippen molar-refractivity contribution in [2.45, 2.75) is 25.9 Å². The van der Waals surface area contributed by atoms with Crippen LogP contribution in [0.4, 0.5) is 0 Å². The van der Waals surface area contributed by atoms with Crippen LogP contribution in [0.5, 0.6) is 0 Å². The van der Waals surface area contributed by atoms with Crippen LogP contribution >= 0.6 is 0 Å². The highest BCUT2D eigenvalue weighted by Gasteiger charge is 2.19. The van der Waals surface area contributed by atoms with Gasteiger partial charge in [-0.1, -0.05) is 0 Å². The van der Waals surface area contributed by atoms with Crippen LogP contribution in [0.15, 0.2) is 0 Å². The molecule has 1 saturated heterocycles. The first-order valence-corrected chi connectivity index (χ1v) is 4.07. The van der Waals surface area contributed by atoms with E-state index in [0.717, 1.165) is 13.1 Å². The van der Waals surface area contributed by atoms with E-state index >= 15 is 0 Å². The Morgan fingerprint density at radius 1 is 1.45 bits per heavy atom. The maximum Gasteiger partial charge on any atom is 0.0867 e. The zero-order valence-electron chi connectivity index (χ0n) is 7.17. The number of rotatable bonds is 1. The molecule has 11 heavy (non-hydrogen) atoms. The number of nitrogens with one attached hydrogen (secondary N) is 1. The van der Waals surface area contributed by atoms with Crippen LogP contribution in [-0.2, 0) is 0 Å². The summed E-state index contributed by atoms with van der Waals surface area (Å²) in [5.74, 6) is 0. The highest BCUT2D eigenvalue weighted by atomic mass is 15.2. The van der Waals surface area contributed by atoms with Gasteiger partial charge in [0.25, 0.3) is 0 Å². The molecule has 1 fully saturated rings. The maximum absolute atomic E-state index is 8.48. The second-order valence-electron chi connectivity index (χ2n) is 3.32. The molecule has 0 aromatic carbocycles. The number of nitriles is 1. The zero-order valence-corrected chi connectivity index (χ0v) is 7.17. The summed E-state index contributed by atoms with van der Waals surface area (Å²) in [6, 6.07) is 3.22. The van der Waals surface area contributed by atoms with Crippen molar-refractivity contribution in [3.05, 3.63) is 0 Å². The van der Waals surface area contributed by atoms with Crippen LogP contribution in [0.2, 0.25) is 0 Å². The molecule has 0 bridgehead atoms. The molecule has 3 nitrogen and oxygen atoms in total. The number of piperazine rings is 1. The molecular weight excluding hydrogens is 138 g/mol. The van der Waals surface area contributed by atoms with Gasteiger partial charge in [-0.15, -0.1) is 0 Å². The van der Waals surface area contributed by atoms with E-state index in [1.165, 1.54) is 0 Å². The van der Waals surface area contributed by atoms with Crippen molar-refractivity contribution in [3.8, 4) is 6.07 Å². The highest BCUT2D eigenvalue weighted by molar-refractivity contribution is 4.86. The van der Waals surface area contributed by atoms with Crippen molar-refractivity contribution in [3.63, 3.8) is 0 Å². The molecule has 1 aliphatic heterocycles. The van der Waals surface area contributed by atoms with Gasteiger partial charge < -0.3 is 5.32 Å². The Labute approximate surface area is 68.0 Å². The van der Waals surface area contributed by atoms with Gasteiger partial charge in [0.05, 0.1) is 12.6 Å². The average Bonchev–Trinajstić information content (AvgIpc) is 1.85. The van der Waals surface area contributed by atoms with E-state index in [1.807, 2.05) is 0 Å². The van der Waals surface area contributed by atoms with Crippen LogP contribution in [-0.4, -0.2) is 36.6 Å². The monoisotopic (exact) mass is 153 g/mol. The third-order valence-corrected chi connectivity index (χ3v) is 1.93. The molecule has 1 heterocycles. The topological polar surface area (TPSA) is 39.1 Å². The molecule has 0 amide bonds. The molecule has 0 aromatic rings. The first-order chi connectivity index (χ1) is 5.22. The van der Waals surface area contributed by atoms with Gasteiger partial charge in [0.15, 0.2) is 0 Å². The molecule has 1 rings (SSSR count). The Morgan fingerprint density at radius 3 is 2.45 bits per heavy atom. The third-order valence-electron chi connectivity index (χ3n) is 1.93. The van der Waals surface area contributed by atoms with Gasteiger partial charge in [0.2, 0.25) is 0 Å². The fourth-order valence-corrected chi connectivity index (χ4v) is 1.67. The van der Waals surface area contributed by atoms with Crippen LogP contribution < -0.4 is 5.32 Å². The molecule has 0 spiro atoms. The van der Waals surface area contributed by atoms with Gasteiger partial charge in [-0.2, -0.15) is 5.26 Å². The first kappa shape index (κ1) is 8.51. The largest absolute Gasteiger partial charge is 0.309 e. The lowest BCUT2D eigenvalue weighted by Gasteiger charge is -2.34. The van der Waals surface area contributed by atoms with Crippen LogP contribution in [0, 0.1) is 11.3 Å². The van der Waals surface area contributed by atoms with E-state index in [-0.39, 0.29) is 0 Å². The molecule has 0 aliphatic carbocycles. The van der Waals surface area contributed by atoms with Gasteiger partial charge in [-0.25, -0.2) is 0 Å².